The van der Waals surface area contributed by atoms with Crippen LogP contribution in [0.15, 0.2) is 18.5 Å². The lowest BCUT2D eigenvalue weighted by Gasteiger charge is -2.15. The second kappa shape index (κ2) is 5.72. The minimum Gasteiger partial charge on any atom is -0.327 e. The molecule has 3 rings (SSSR count). The van der Waals surface area contributed by atoms with E-state index in [1.165, 1.54) is 4.88 Å². The molecule has 1 aliphatic rings. The van der Waals surface area contributed by atoms with Crippen molar-refractivity contribution in [2.24, 2.45) is 5.73 Å². The van der Waals surface area contributed by atoms with Crippen molar-refractivity contribution in [2.45, 2.75) is 38.3 Å². The molecule has 1 atom stereocenters. The van der Waals surface area contributed by atoms with E-state index in [2.05, 4.69) is 15.4 Å². The minimum absolute atomic E-state index is 0.0316. The average Bonchev–Trinajstić information content (AvgIpc) is 3.04. The number of nitrogens with zero attached hydrogens (tertiary/aromatic N) is 3. The summed E-state index contributed by atoms with van der Waals surface area (Å²) >= 11 is 1.55. The first-order valence-electron chi connectivity index (χ1n) is 6.72. The van der Waals surface area contributed by atoms with E-state index >= 15 is 0 Å². The van der Waals surface area contributed by atoms with Gasteiger partial charge in [-0.25, -0.2) is 4.98 Å². The van der Waals surface area contributed by atoms with Crippen LogP contribution in [0.2, 0.25) is 0 Å². The van der Waals surface area contributed by atoms with E-state index in [1.807, 2.05) is 12.3 Å². The number of aryl methyl sites for hydroxylation is 2. The van der Waals surface area contributed by atoms with E-state index in [4.69, 9.17) is 5.73 Å². The van der Waals surface area contributed by atoms with Gasteiger partial charge in [0.2, 0.25) is 5.91 Å². The number of nitrogens with one attached hydrogen (secondary N) is 1. The summed E-state index contributed by atoms with van der Waals surface area (Å²) in [4.78, 5) is 17.6. The lowest BCUT2D eigenvalue weighted by atomic mass is 9.99. The van der Waals surface area contributed by atoms with Gasteiger partial charge in [-0.1, -0.05) is 0 Å². The van der Waals surface area contributed by atoms with Gasteiger partial charge in [-0.2, -0.15) is 5.10 Å². The Morgan fingerprint density at radius 3 is 3.30 bits per heavy atom. The Balaban J connectivity index is 1.56. The van der Waals surface area contributed by atoms with E-state index in [1.54, 1.807) is 22.2 Å². The molecule has 3 N–H and O–H groups in total. The molecule has 0 unspecified atom stereocenters. The average molecular weight is 291 g/mol. The Bertz CT molecular complexity index is 592. The number of carbonyl (C=O) groups excluding carboxylic acids is 1. The first kappa shape index (κ1) is 13.3. The van der Waals surface area contributed by atoms with Crippen LogP contribution < -0.4 is 11.1 Å². The molecule has 0 spiro atoms. The van der Waals surface area contributed by atoms with E-state index in [9.17, 15) is 4.79 Å². The van der Waals surface area contributed by atoms with Crippen molar-refractivity contribution in [1.82, 2.24) is 14.8 Å². The lowest BCUT2D eigenvalue weighted by Crippen LogP contribution is -2.27. The zero-order valence-electron chi connectivity index (χ0n) is 11.1. The molecule has 0 aromatic carbocycles. The van der Waals surface area contributed by atoms with Crippen LogP contribution in [0.3, 0.4) is 0 Å². The van der Waals surface area contributed by atoms with Crippen molar-refractivity contribution < 1.29 is 4.79 Å². The number of aromatic nitrogens is 3. The zero-order valence-corrected chi connectivity index (χ0v) is 11.9. The van der Waals surface area contributed by atoms with Gasteiger partial charge in [0.15, 0.2) is 5.13 Å². The van der Waals surface area contributed by atoms with Gasteiger partial charge in [-0.05, 0) is 25.3 Å². The van der Waals surface area contributed by atoms with Gasteiger partial charge in [0, 0.05) is 36.3 Å². The highest BCUT2D eigenvalue weighted by molar-refractivity contribution is 7.15. The monoisotopic (exact) mass is 291 g/mol. The minimum atomic E-state index is -0.0316. The highest BCUT2D eigenvalue weighted by atomic mass is 32.1. The normalized spacial score (nSPS) is 17.8. The number of anilines is 1. The molecule has 0 saturated carbocycles. The Kier molecular flexibility index (Phi) is 3.79. The number of nitrogens with two attached hydrogens (primary N) is 1. The molecule has 2 heterocycles. The summed E-state index contributed by atoms with van der Waals surface area (Å²) < 4.78 is 1.74. The largest absolute Gasteiger partial charge is 0.327 e. The van der Waals surface area contributed by atoms with E-state index in [0.29, 0.717) is 18.1 Å². The SMILES string of the molecule is N[C@H]1CCc2nc(NC(=O)CCn3cccn3)sc2C1. The Hall–Kier alpha value is -1.73. The molecule has 7 heteroatoms. The van der Waals surface area contributed by atoms with Gasteiger partial charge in [0.1, 0.15) is 0 Å². The standard InChI is InChI=1S/C13H17N5OS/c14-9-2-3-10-11(8-9)20-13(16-10)17-12(19)4-7-18-6-1-5-15-18/h1,5-6,9H,2-4,7-8,14H2,(H,16,17,19)/t9-/m0/s1. The van der Waals surface area contributed by atoms with Crippen molar-refractivity contribution in [3.05, 3.63) is 29.0 Å². The number of carbonyl (C=O) groups is 1. The van der Waals surface area contributed by atoms with Crippen LogP contribution in [0.1, 0.15) is 23.4 Å². The molecular formula is C13H17N5OS. The highest BCUT2D eigenvalue weighted by Crippen LogP contribution is 2.29. The summed E-state index contributed by atoms with van der Waals surface area (Å²) in [5.41, 5.74) is 7.04. The number of fused-ring (bicyclic) bond motifs is 1. The third kappa shape index (κ3) is 3.05. The summed E-state index contributed by atoms with van der Waals surface area (Å²) in [5.74, 6) is -0.0316. The molecule has 0 radical (unpaired) electrons. The molecule has 0 bridgehead atoms. The van der Waals surface area contributed by atoms with Crippen LogP contribution in [0.5, 0.6) is 0 Å². The lowest BCUT2D eigenvalue weighted by molar-refractivity contribution is -0.116. The fourth-order valence-corrected chi connectivity index (χ4v) is 3.40. The van der Waals surface area contributed by atoms with Gasteiger partial charge < -0.3 is 11.1 Å². The van der Waals surface area contributed by atoms with E-state index in [-0.39, 0.29) is 11.9 Å². The van der Waals surface area contributed by atoms with Gasteiger partial charge in [0.25, 0.3) is 0 Å². The topological polar surface area (TPSA) is 85.8 Å². The van der Waals surface area contributed by atoms with Gasteiger partial charge in [0.05, 0.1) is 5.69 Å². The van der Waals surface area contributed by atoms with Crippen molar-refractivity contribution in [2.75, 3.05) is 5.32 Å². The first-order chi connectivity index (χ1) is 9.70. The molecule has 106 valence electrons. The fourth-order valence-electron chi connectivity index (χ4n) is 2.28. The first-order valence-corrected chi connectivity index (χ1v) is 7.54. The summed E-state index contributed by atoms with van der Waals surface area (Å²) in [5, 5.41) is 7.62. The highest BCUT2D eigenvalue weighted by Gasteiger charge is 2.20. The van der Waals surface area contributed by atoms with Crippen molar-refractivity contribution in [3.63, 3.8) is 0 Å². The second-order valence-electron chi connectivity index (χ2n) is 4.96. The molecule has 1 aliphatic carbocycles. The fraction of sp³-hybridized carbons (Fsp3) is 0.462. The van der Waals surface area contributed by atoms with Crippen LogP contribution in [0, 0.1) is 0 Å². The van der Waals surface area contributed by atoms with Crippen LogP contribution in [0.4, 0.5) is 5.13 Å². The van der Waals surface area contributed by atoms with Crippen molar-refractivity contribution in [3.8, 4) is 0 Å². The molecule has 0 saturated heterocycles. The number of rotatable bonds is 4. The summed E-state index contributed by atoms with van der Waals surface area (Å²) in [6.45, 7) is 0.578. The smallest absolute Gasteiger partial charge is 0.228 e. The number of hydrogen-bond donors (Lipinski definition) is 2. The quantitative estimate of drug-likeness (QED) is 0.886. The summed E-state index contributed by atoms with van der Waals surface area (Å²) in [6, 6.07) is 2.07. The van der Waals surface area contributed by atoms with Crippen LogP contribution >= 0.6 is 11.3 Å². The molecule has 20 heavy (non-hydrogen) atoms. The summed E-state index contributed by atoms with van der Waals surface area (Å²) in [7, 11) is 0. The maximum atomic E-state index is 11.9. The zero-order chi connectivity index (χ0) is 13.9. The maximum absolute atomic E-state index is 11.9. The molecule has 0 aliphatic heterocycles. The molecule has 6 nitrogen and oxygen atoms in total. The van der Waals surface area contributed by atoms with Gasteiger partial charge in [-0.3, -0.25) is 9.48 Å². The second-order valence-corrected chi connectivity index (χ2v) is 6.04. The maximum Gasteiger partial charge on any atom is 0.228 e. The van der Waals surface area contributed by atoms with E-state index in [0.717, 1.165) is 25.0 Å². The molecule has 0 fully saturated rings. The number of hydrogen-bond acceptors (Lipinski definition) is 5. The van der Waals surface area contributed by atoms with Crippen LogP contribution in [0.25, 0.3) is 0 Å². The Labute approximate surface area is 121 Å². The van der Waals surface area contributed by atoms with Crippen LogP contribution in [-0.2, 0) is 24.2 Å². The third-order valence-corrected chi connectivity index (χ3v) is 4.39. The predicted octanol–water partition coefficient (Wildman–Crippen LogP) is 1.18. The van der Waals surface area contributed by atoms with Crippen molar-refractivity contribution >= 4 is 22.4 Å². The van der Waals surface area contributed by atoms with Gasteiger partial charge >= 0.3 is 0 Å². The van der Waals surface area contributed by atoms with Crippen LogP contribution in [-0.4, -0.2) is 26.7 Å². The summed E-state index contributed by atoms with van der Waals surface area (Å²) in [6.07, 6.45) is 6.70. The van der Waals surface area contributed by atoms with Gasteiger partial charge in [-0.15, -0.1) is 11.3 Å². The Morgan fingerprint density at radius 2 is 2.50 bits per heavy atom. The molecule has 2 aromatic rings. The Morgan fingerprint density at radius 1 is 1.60 bits per heavy atom. The molecule has 1 amide bonds. The number of amides is 1. The predicted molar refractivity (Wildman–Crippen MR) is 77.6 cm³/mol. The van der Waals surface area contributed by atoms with Crippen molar-refractivity contribution in [1.29, 1.82) is 0 Å². The molecule has 2 aromatic heterocycles. The third-order valence-electron chi connectivity index (χ3n) is 3.35. The molecular weight excluding hydrogens is 274 g/mol. The van der Waals surface area contributed by atoms with E-state index < -0.39 is 0 Å². The number of thiazole rings is 1.